The molecule has 0 aliphatic carbocycles. The van der Waals surface area contributed by atoms with E-state index in [-0.39, 0.29) is 17.5 Å². The average molecular weight is 395 g/mol. The number of hydrogen-bond acceptors (Lipinski definition) is 5. The van der Waals surface area contributed by atoms with Crippen LogP contribution < -0.4 is 5.56 Å². The van der Waals surface area contributed by atoms with Crippen LogP contribution in [0.25, 0.3) is 21.8 Å². The second kappa shape index (κ2) is 7.67. The Kier molecular flexibility index (Phi) is 5.09. The van der Waals surface area contributed by atoms with Crippen molar-refractivity contribution in [3.8, 4) is 21.8 Å². The average Bonchev–Trinajstić information content (AvgIpc) is 3.39. The van der Waals surface area contributed by atoms with Gasteiger partial charge in [-0.25, -0.2) is 9.67 Å². The van der Waals surface area contributed by atoms with Gasteiger partial charge in [-0.15, -0.1) is 11.3 Å². The molecule has 1 aliphatic rings. The SMILES string of the molecule is CC(C)n1nc(-c2sc(C(=O)N3CCCC3)nc2-c2ccccc2)ccc1=O. The summed E-state index contributed by atoms with van der Waals surface area (Å²) in [6, 6.07) is 13.0. The number of benzene rings is 1. The van der Waals surface area contributed by atoms with E-state index in [1.165, 1.54) is 22.1 Å². The zero-order valence-corrected chi connectivity index (χ0v) is 16.8. The van der Waals surface area contributed by atoms with E-state index in [2.05, 4.69) is 5.10 Å². The maximum Gasteiger partial charge on any atom is 0.282 e. The second-order valence-electron chi connectivity index (χ2n) is 7.16. The van der Waals surface area contributed by atoms with Crippen LogP contribution in [0.3, 0.4) is 0 Å². The van der Waals surface area contributed by atoms with Gasteiger partial charge in [0, 0.05) is 24.7 Å². The Labute approximate surface area is 167 Å². The number of hydrogen-bond donors (Lipinski definition) is 0. The number of amides is 1. The first-order valence-corrected chi connectivity index (χ1v) is 10.3. The van der Waals surface area contributed by atoms with E-state index >= 15 is 0 Å². The topological polar surface area (TPSA) is 68.1 Å². The van der Waals surface area contributed by atoms with Gasteiger partial charge in [0.1, 0.15) is 5.69 Å². The number of likely N-dealkylation sites (tertiary alicyclic amines) is 1. The normalized spacial score (nSPS) is 14.0. The molecule has 0 saturated carbocycles. The van der Waals surface area contributed by atoms with Gasteiger partial charge in [-0.05, 0) is 32.8 Å². The molecule has 4 rings (SSSR count). The number of carbonyl (C=O) groups excluding carboxylic acids is 1. The highest BCUT2D eigenvalue weighted by Crippen LogP contribution is 2.36. The van der Waals surface area contributed by atoms with Crippen molar-refractivity contribution < 1.29 is 4.79 Å². The molecule has 0 radical (unpaired) electrons. The first-order valence-electron chi connectivity index (χ1n) is 9.50. The van der Waals surface area contributed by atoms with Crippen molar-refractivity contribution in [1.29, 1.82) is 0 Å². The smallest absolute Gasteiger partial charge is 0.282 e. The predicted molar refractivity (Wildman–Crippen MR) is 111 cm³/mol. The van der Waals surface area contributed by atoms with Crippen LogP contribution in [0.2, 0.25) is 0 Å². The highest BCUT2D eigenvalue weighted by Gasteiger charge is 2.26. The van der Waals surface area contributed by atoms with Gasteiger partial charge in [-0.2, -0.15) is 5.10 Å². The molecule has 0 atom stereocenters. The Morgan fingerprint density at radius 2 is 1.79 bits per heavy atom. The highest BCUT2D eigenvalue weighted by atomic mass is 32.1. The van der Waals surface area contributed by atoms with Crippen molar-refractivity contribution >= 4 is 17.2 Å². The number of thiazole rings is 1. The van der Waals surface area contributed by atoms with Crippen molar-refractivity contribution in [2.75, 3.05) is 13.1 Å². The lowest BCUT2D eigenvalue weighted by molar-refractivity contribution is 0.0792. The molecule has 3 heterocycles. The molecular weight excluding hydrogens is 372 g/mol. The summed E-state index contributed by atoms with van der Waals surface area (Å²) in [4.78, 5) is 32.4. The van der Waals surface area contributed by atoms with Gasteiger partial charge in [0.05, 0.1) is 16.6 Å². The number of nitrogens with zero attached hydrogens (tertiary/aromatic N) is 4. The van der Waals surface area contributed by atoms with E-state index < -0.39 is 0 Å². The quantitative estimate of drug-likeness (QED) is 0.674. The molecule has 28 heavy (non-hydrogen) atoms. The van der Waals surface area contributed by atoms with Crippen molar-refractivity contribution in [1.82, 2.24) is 19.7 Å². The first-order chi connectivity index (χ1) is 13.5. The van der Waals surface area contributed by atoms with E-state index in [0.717, 1.165) is 42.1 Å². The van der Waals surface area contributed by atoms with Gasteiger partial charge in [0.25, 0.3) is 11.5 Å². The van der Waals surface area contributed by atoms with Crippen LogP contribution in [-0.2, 0) is 0 Å². The molecule has 1 fully saturated rings. The van der Waals surface area contributed by atoms with Gasteiger partial charge in [0.15, 0.2) is 5.01 Å². The zero-order chi connectivity index (χ0) is 19.7. The Morgan fingerprint density at radius 1 is 1.07 bits per heavy atom. The number of rotatable bonds is 4. The van der Waals surface area contributed by atoms with Gasteiger partial charge in [0.2, 0.25) is 0 Å². The molecule has 6 nitrogen and oxygen atoms in total. The summed E-state index contributed by atoms with van der Waals surface area (Å²) >= 11 is 1.35. The number of aromatic nitrogens is 3. The molecular formula is C21H22N4O2S. The third kappa shape index (κ3) is 3.49. The zero-order valence-electron chi connectivity index (χ0n) is 16.0. The Bertz CT molecular complexity index is 1050. The van der Waals surface area contributed by atoms with E-state index in [0.29, 0.717) is 10.7 Å². The molecule has 0 N–H and O–H groups in total. The van der Waals surface area contributed by atoms with Crippen LogP contribution in [0.5, 0.6) is 0 Å². The van der Waals surface area contributed by atoms with Crippen LogP contribution in [0.1, 0.15) is 42.5 Å². The fourth-order valence-electron chi connectivity index (χ4n) is 3.35. The Balaban J connectivity index is 1.84. The fraction of sp³-hybridized carbons (Fsp3) is 0.333. The van der Waals surface area contributed by atoms with Crippen LogP contribution in [0.15, 0.2) is 47.3 Å². The van der Waals surface area contributed by atoms with Gasteiger partial charge < -0.3 is 4.90 Å². The number of carbonyl (C=O) groups is 1. The lowest BCUT2D eigenvalue weighted by Crippen LogP contribution is -2.27. The van der Waals surface area contributed by atoms with Gasteiger partial charge in [-0.3, -0.25) is 9.59 Å². The summed E-state index contributed by atoms with van der Waals surface area (Å²) in [5.41, 5.74) is 2.18. The largest absolute Gasteiger partial charge is 0.337 e. The molecule has 2 aromatic heterocycles. The van der Waals surface area contributed by atoms with Gasteiger partial charge >= 0.3 is 0 Å². The van der Waals surface area contributed by atoms with Crippen LogP contribution in [0.4, 0.5) is 0 Å². The lowest BCUT2D eigenvalue weighted by atomic mass is 10.1. The molecule has 1 aliphatic heterocycles. The predicted octanol–water partition coefficient (Wildman–Crippen LogP) is 3.85. The second-order valence-corrected chi connectivity index (χ2v) is 8.16. The minimum atomic E-state index is -0.141. The van der Waals surface area contributed by atoms with E-state index in [1.54, 1.807) is 6.07 Å². The van der Waals surface area contributed by atoms with Crippen LogP contribution in [-0.4, -0.2) is 38.7 Å². The molecule has 3 aromatic rings. The van der Waals surface area contributed by atoms with Gasteiger partial charge in [-0.1, -0.05) is 30.3 Å². The lowest BCUT2D eigenvalue weighted by Gasteiger charge is -2.12. The maximum atomic E-state index is 12.9. The third-order valence-corrected chi connectivity index (χ3v) is 5.86. The molecule has 1 aromatic carbocycles. The van der Waals surface area contributed by atoms with Crippen LogP contribution in [0, 0.1) is 0 Å². The Hall–Kier alpha value is -2.80. The van der Waals surface area contributed by atoms with E-state index in [1.807, 2.05) is 49.1 Å². The summed E-state index contributed by atoms with van der Waals surface area (Å²) in [7, 11) is 0. The minimum Gasteiger partial charge on any atom is -0.337 e. The van der Waals surface area contributed by atoms with Crippen molar-refractivity contribution in [2.24, 2.45) is 0 Å². The van der Waals surface area contributed by atoms with Crippen molar-refractivity contribution in [2.45, 2.75) is 32.7 Å². The molecule has 144 valence electrons. The summed E-state index contributed by atoms with van der Waals surface area (Å²) in [5.74, 6) is -0.0249. The highest BCUT2D eigenvalue weighted by molar-refractivity contribution is 7.17. The van der Waals surface area contributed by atoms with Crippen LogP contribution >= 0.6 is 11.3 Å². The van der Waals surface area contributed by atoms with E-state index in [9.17, 15) is 9.59 Å². The molecule has 1 saturated heterocycles. The maximum absolute atomic E-state index is 12.9. The monoisotopic (exact) mass is 394 g/mol. The fourth-order valence-corrected chi connectivity index (χ4v) is 4.37. The molecule has 0 bridgehead atoms. The van der Waals surface area contributed by atoms with Crippen molar-refractivity contribution in [3.05, 3.63) is 57.8 Å². The van der Waals surface area contributed by atoms with Crippen molar-refractivity contribution in [3.63, 3.8) is 0 Å². The third-order valence-electron chi connectivity index (χ3n) is 4.80. The standard InChI is InChI=1S/C21H22N4O2S/c1-14(2)25-17(26)11-10-16(23-25)19-18(15-8-4-3-5-9-15)22-20(28-19)21(27)24-12-6-7-13-24/h3-5,8-11,14H,6-7,12-13H2,1-2H3. The first kappa shape index (κ1) is 18.6. The van der Waals surface area contributed by atoms with E-state index in [4.69, 9.17) is 4.98 Å². The Morgan fingerprint density at radius 3 is 2.46 bits per heavy atom. The summed E-state index contributed by atoms with van der Waals surface area (Å²) in [5, 5.41) is 5.02. The summed E-state index contributed by atoms with van der Waals surface area (Å²) in [6.07, 6.45) is 2.08. The summed E-state index contributed by atoms with van der Waals surface area (Å²) in [6.45, 7) is 5.41. The minimum absolute atomic E-state index is 0.0249. The molecule has 0 spiro atoms. The molecule has 1 amide bonds. The summed E-state index contributed by atoms with van der Waals surface area (Å²) < 4.78 is 1.46. The molecule has 0 unspecified atom stereocenters. The molecule has 7 heteroatoms.